The maximum absolute atomic E-state index is 13.2. The molecule has 0 aromatic heterocycles. The first kappa shape index (κ1) is 18.6. The van der Waals surface area contributed by atoms with E-state index in [1.807, 2.05) is 0 Å². The fourth-order valence-electron chi connectivity index (χ4n) is 2.83. The van der Waals surface area contributed by atoms with Gasteiger partial charge in [0, 0.05) is 19.7 Å². The molecule has 7 heteroatoms. The number of rotatable bonds is 5. The highest BCUT2D eigenvalue weighted by molar-refractivity contribution is 5.97. The van der Waals surface area contributed by atoms with E-state index >= 15 is 0 Å². The number of halogens is 1. The average molecular weight is 347 g/mol. The number of hydrogen-bond acceptors (Lipinski definition) is 3. The number of hydrogen-bond donors (Lipinski definition) is 2. The van der Waals surface area contributed by atoms with E-state index in [-0.39, 0.29) is 24.2 Å². The maximum Gasteiger partial charge on any atom is 0.244 e. The minimum Gasteiger partial charge on any atom is -0.357 e. The summed E-state index contributed by atoms with van der Waals surface area (Å²) >= 11 is 0. The maximum atomic E-state index is 13.2. The third-order valence-corrected chi connectivity index (χ3v) is 4.16. The average Bonchev–Trinajstić information content (AvgIpc) is 3.08. The van der Waals surface area contributed by atoms with Crippen LogP contribution in [0.5, 0.6) is 0 Å². The summed E-state index contributed by atoms with van der Waals surface area (Å²) in [6.45, 7) is 2.02. The van der Waals surface area contributed by atoms with Crippen molar-refractivity contribution >= 4 is 23.3 Å². The molecule has 0 bridgehead atoms. The zero-order chi connectivity index (χ0) is 18.4. The van der Waals surface area contributed by atoms with E-state index in [4.69, 9.17) is 0 Å². The largest absolute Gasteiger partial charge is 0.357 e. The number of amides is 3. The second-order valence-electron chi connectivity index (χ2n) is 5.91. The van der Waals surface area contributed by atoms with Crippen molar-refractivity contribution in [2.75, 3.05) is 20.1 Å². The van der Waals surface area contributed by atoms with Crippen LogP contribution in [0.1, 0.15) is 25.3 Å². The first-order chi connectivity index (χ1) is 11.9. The normalized spacial score (nSPS) is 17.3. The molecule has 1 aliphatic rings. The number of benzene rings is 1. The lowest BCUT2D eigenvalue weighted by Crippen LogP contribution is -2.48. The Morgan fingerprint density at radius 2 is 2.12 bits per heavy atom. The number of likely N-dealkylation sites (tertiary alicyclic amines) is 1. The Morgan fingerprint density at radius 3 is 2.80 bits per heavy atom. The summed E-state index contributed by atoms with van der Waals surface area (Å²) in [7, 11) is 1.53. The summed E-state index contributed by atoms with van der Waals surface area (Å²) in [6.07, 6.45) is 2.70. The fourth-order valence-corrected chi connectivity index (χ4v) is 2.83. The first-order valence-corrected chi connectivity index (χ1v) is 8.15. The van der Waals surface area contributed by atoms with Gasteiger partial charge in [0.2, 0.25) is 17.7 Å². The van der Waals surface area contributed by atoms with Crippen molar-refractivity contribution in [3.8, 4) is 0 Å². The second-order valence-corrected chi connectivity index (χ2v) is 5.91. The summed E-state index contributed by atoms with van der Waals surface area (Å²) in [5, 5.41) is 5.07. The lowest BCUT2D eigenvalue weighted by molar-refractivity contribution is -0.138. The van der Waals surface area contributed by atoms with Crippen LogP contribution in [0.25, 0.3) is 5.57 Å². The number of nitrogens with zero attached hydrogens (tertiary/aromatic N) is 1. The number of likely N-dealkylation sites (N-methyl/N-ethyl adjacent to an activating group) is 1. The van der Waals surface area contributed by atoms with Crippen LogP contribution in [-0.2, 0) is 14.4 Å². The standard InChI is InChI=1S/C18H22FN3O3/c1-12(13-5-3-6-14(19)10-13)9-16(23)21-11-17(24)22-8-4-7-15(22)18(25)20-2/h3,5-6,9-10,15H,4,7-8,11H2,1-2H3,(H,20,25)(H,21,23)/b12-9+/t15-/m1/s1. The van der Waals surface area contributed by atoms with Gasteiger partial charge in [-0.25, -0.2) is 4.39 Å². The van der Waals surface area contributed by atoms with Crippen molar-refractivity contribution < 1.29 is 18.8 Å². The quantitative estimate of drug-likeness (QED) is 0.783. The van der Waals surface area contributed by atoms with Crippen LogP contribution >= 0.6 is 0 Å². The van der Waals surface area contributed by atoms with E-state index in [2.05, 4.69) is 10.6 Å². The lowest BCUT2D eigenvalue weighted by atomic mass is 10.1. The van der Waals surface area contributed by atoms with Gasteiger partial charge in [-0.2, -0.15) is 0 Å². The van der Waals surface area contributed by atoms with Crippen LogP contribution in [0.4, 0.5) is 4.39 Å². The second kappa shape index (κ2) is 8.41. The molecule has 1 aliphatic heterocycles. The molecule has 0 saturated carbocycles. The summed E-state index contributed by atoms with van der Waals surface area (Å²) in [6, 6.07) is 5.46. The van der Waals surface area contributed by atoms with Gasteiger partial charge >= 0.3 is 0 Å². The molecule has 2 N–H and O–H groups in total. The summed E-state index contributed by atoms with van der Waals surface area (Å²) in [5.74, 6) is -1.31. The van der Waals surface area contributed by atoms with Gasteiger partial charge in [-0.3, -0.25) is 14.4 Å². The first-order valence-electron chi connectivity index (χ1n) is 8.15. The van der Waals surface area contributed by atoms with Gasteiger partial charge in [0.15, 0.2) is 0 Å². The Hall–Kier alpha value is -2.70. The SMILES string of the molecule is CNC(=O)[C@H]1CCCN1C(=O)CNC(=O)/C=C(\C)c1cccc(F)c1. The minimum absolute atomic E-state index is 0.181. The monoisotopic (exact) mass is 347 g/mol. The van der Waals surface area contributed by atoms with Crippen molar-refractivity contribution in [2.24, 2.45) is 0 Å². The van der Waals surface area contributed by atoms with Gasteiger partial charge in [-0.1, -0.05) is 12.1 Å². The summed E-state index contributed by atoms with van der Waals surface area (Å²) in [4.78, 5) is 37.5. The molecule has 1 atom stereocenters. The highest BCUT2D eigenvalue weighted by Crippen LogP contribution is 2.17. The molecule has 0 radical (unpaired) electrons. The summed E-state index contributed by atoms with van der Waals surface area (Å²) < 4.78 is 13.2. The number of allylic oxidation sites excluding steroid dienone is 1. The highest BCUT2D eigenvalue weighted by Gasteiger charge is 2.33. The predicted molar refractivity (Wildman–Crippen MR) is 91.9 cm³/mol. The number of carbonyl (C=O) groups is 3. The molecule has 3 amide bonds. The van der Waals surface area contributed by atoms with Gasteiger partial charge in [-0.15, -0.1) is 0 Å². The van der Waals surface area contributed by atoms with Gasteiger partial charge in [0.05, 0.1) is 6.54 Å². The molecule has 134 valence electrons. The molecule has 2 rings (SSSR count). The van der Waals surface area contributed by atoms with Crippen molar-refractivity contribution in [3.63, 3.8) is 0 Å². The van der Waals surface area contributed by atoms with E-state index in [1.165, 1.54) is 30.2 Å². The Bertz CT molecular complexity index is 703. The topological polar surface area (TPSA) is 78.5 Å². The predicted octanol–water partition coefficient (Wildman–Crippen LogP) is 1.08. The molecule has 25 heavy (non-hydrogen) atoms. The van der Waals surface area contributed by atoms with Crippen LogP contribution in [0, 0.1) is 5.82 Å². The van der Waals surface area contributed by atoms with E-state index in [0.29, 0.717) is 24.1 Å². The Labute approximate surface area is 146 Å². The third-order valence-electron chi connectivity index (χ3n) is 4.16. The van der Waals surface area contributed by atoms with E-state index < -0.39 is 11.9 Å². The fraction of sp³-hybridized carbons (Fsp3) is 0.389. The van der Waals surface area contributed by atoms with Crippen LogP contribution < -0.4 is 10.6 Å². The molecule has 1 saturated heterocycles. The van der Waals surface area contributed by atoms with Gasteiger partial charge in [0.1, 0.15) is 11.9 Å². The highest BCUT2D eigenvalue weighted by atomic mass is 19.1. The van der Waals surface area contributed by atoms with Gasteiger partial charge < -0.3 is 15.5 Å². The Morgan fingerprint density at radius 1 is 1.36 bits per heavy atom. The van der Waals surface area contributed by atoms with Crippen LogP contribution in [0.2, 0.25) is 0 Å². The smallest absolute Gasteiger partial charge is 0.244 e. The lowest BCUT2D eigenvalue weighted by Gasteiger charge is -2.23. The molecule has 0 aliphatic carbocycles. The molecular formula is C18H22FN3O3. The molecule has 1 heterocycles. The van der Waals surface area contributed by atoms with Crippen LogP contribution in [0.3, 0.4) is 0 Å². The van der Waals surface area contributed by atoms with Crippen molar-refractivity contribution in [2.45, 2.75) is 25.8 Å². The molecule has 1 aromatic carbocycles. The van der Waals surface area contributed by atoms with Crippen molar-refractivity contribution in [1.29, 1.82) is 0 Å². The summed E-state index contributed by atoms with van der Waals surface area (Å²) in [5.41, 5.74) is 1.19. The zero-order valence-electron chi connectivity index (χ0n) is 14.3. The molecule has 0 spiro atoms. The van der Waals surface area contributed by atoms with Crippen LogP contribution in [0.15, 0.2) is 30.3 Å². The number of nitrogens with one attached hydrogen (secondary N) is 2. The molecule has 6 nitrogen and oxygen atoms in total. The van der Waals surface area contributed by atoms with Crippen molar-refractivity contribution in [3.05, 3.63) is 41.7 Å². The van der Waals surface area contributed by atoms with Gasteiger partial charge in [0.25, 0.3) is 0 Å². The number of carbonyl (C=O) groups excluding carboxylic acids is 3. The van der Waals surface area contributed by atoms with Crippen molar-refractivity contribution in [1.82, 2.24) is 15.5 Å². The Kier molecular flexibility index (Phi) is 6.27. The molecular weight excluding hydrogens is 325 g/mol. The molecule has 1 aromatic rings. The van der Waals surface area contributed by atoms with E-state index in [0.717, 1.165) is 6.42 Å². The molecule has 1 fully saturated rings. The minimum atomic E-state index is -0.473. The molecule has 0 unspecified atom stereocenters. The Balaban J connectivity index is 1.92. The van der Waals surface area contributed by atoms with E-state index in [9.17, 15) is 18.8 Å². The van der Waals surface area contributed by atoms with Crippen LogP contribution in [-0.4, -0.2) is 48.8 Å². The van der Waals surface area contributed by atoms with E-state index in [1.54, 1.807) is 19.1 Å². The zero-order valence-corrected chi connectivity index (χ0v) is 14.3. The van der Waals surface area contributed by atoms with Gasteiger partial charge in [-0.05, 0) is 43.0 Å². The third kappa shape index (κ3) is 4.89.